The molecule has 0 aromatic heterocycles. The van der Waals surface area contributed by atoms with Crippen LogP contribution in [0.15, 0.2) is 30.3 Å². The van der Waals surface area contributed by atoms with Crippen molar-refractivity contribution in [3.8, 4) is 0 Å². The Morgan fingerprint density at radius 2 is 1.77 bits per heavy atom. The second kappa shape index (κ2) is 7.58. The van der Waals surface area contributed by atoms with E-state index in [-0.39, 0.29) is 0 Å². The van der Waals surface area contributed by atoms with Gasteiger partial charge in [0.1, 0.15) is 0 Å². The summed E-state index contributed by atoms with van der Waals surface area (Å²) in [4.78, 5) is 2.71. The summed E-state index contributed by atoms with van der Waals surface area (Å²) in [5.41, 5.74) is 1.74. The van der Waals surface area contributed by atoms with Gasteiger partial charge in [0, 0.05) is 31.2 Å². The molecule has 0 spiro atoms. The van der Waals surface area contributed by atoms with E-state index >= 15 is 0 Å². The lowest BCUT2D eigenvalue weighted by molar-refractivity contribution is -0.0375. The van der Waals surface area contributed by atoms with Gasteiger partial charge < -0.3 is 10.1 Å². The first kappa shape index (κ1) is 16.0. The molecule has 1 saturated carbocycles. The third-order valence-electron chi connectivity index (χ3n) is 5.50. The summed E-state index contributed by atoms with van der Waals surface area (Å²) in [7, 11) is 0. The van der Waals surface area contributed by atoms with Crippen molar-refractivity contribution < 1.29 is 4.74 Å². The third-order valence-corrected chi connectivity index (χ3v) is 5.50. The van der Waals surface area contributed by atoms with Crippen LogP contribution in [0, 0.1) is 0 Å². The van der Waals surface area contributed by atoms with Gasteiger partial charge in [-0.1, -0.05) is 49.6 Å². The Labute approximate surface area is 135 Å². The van der Waals surface area contributed by atoms with Crippen molar-refractivity contribution in [2.75, 3.05) is 32.8 Å². The second-order valence-electron chi connectivity index (χ2n) is 6.90. The topological polar surface area (TPSA) is 24.5 Å². The van der Waals surface area contributed by atoms with Crippen LogP contribution in [-0.2, 0) is 4.74 Å². The van der Waals surface area contributed by atoms with E-state index in [2.05, 4.69) is 47.5 Å². The Morgan fingerprint density at radius 3 is 2.45 bits per heavy atom. The number of hydrogen-bond acceptors (Lipinski definition) is 3. The van der Waals surface area contributed by atoms with E-state index in [1.807, 2.05) is 0 Å². The molecule has 3 rings (SSSR count). The quantitative estimate of drug-likeness (QED) is 0.902. The Hall–Kier alpha value is -0.900. The molecule has 1 aliphatic carbocycles. The molecule has 1 aliphatic heterocycles. The van der Waals surface area contributed by atoms with E-state index in [9.17, 15) is 0 Å². The summed E-state index contributed by atoms with van der Waals surface area (Å²) in [5, 5.41) is 3.82. The Morgan fingerprint density at radius 1 is 1.09 bits per heavy atom. The van der Waals surface area contributed by atoms with Gasteiger partial charge in [-0.05, 0) is 25.3 Å². The van der Waals surface area contributed by atoms with Gasteiger partial charge in [-0.15, -0.1) is 0 Å². The highest BCUT2D eigenvalue weighted by atomic mass is 16.5. The Kier molecular flexibility index (Phi) is 5.51. The predicted octanol–water partition coefficient (Wildman–Crippen LogP) is 3.37. The lowest BCUT2D eigenvalue weighted by Crippen LogP contribution is -2.59. The number of ether oxygens (including phenoxy) is 1. The van der Waals surface area contributed by atoms with Crippen molar-refractivity contribution in [3.63, 3.8) is 0 Å². The van der Waals surface area contributed by atoms with Crippen LogP contribution < -0.4 is 5.32 Å². The van der Waals surface area contributed by atoms with E-state index < -0.39 is 0 Å². The normalized spacial score (nSPS) is 24.0. The van der Waals surface area contributed by atoms with Crippen molar-refractivity contribution in [3.05, 3.63) is 35.9 Å². The largest absolute Gasteiger partial charge is 0.379 e. The van der Waals surface area contributed by atoms with Gasteiger partial charge in [0.05, 0.1) is 13.2 Å². The summed E-state index contributed by atoms with van der Waals surface area (Å²) in [5.74, 6) is 0. The van der Waals surface area contributed by atoms with E-state index in [0.717, 1.165) is 32.8 Å². The fraction of sp³-hybridized carbons (Fsp3) is 0.684. The molecule has 1 unspecified atom stereocenters. The first-order valence-electron chi connectivity index (χ1n) is 8.91. The van der Waals surface area contributed by atoms with Crippen LogP contribution in [0.3, 0.4) is 0 Å². The van der Waals surface area contributed by atoms with Gasteiger partial charge in [-0.2, -0.15) is 0 Å². The summed E-state index contributed by atoms with van der Waals surface area (Å²) < 4.78 is 5.57. The number of nitrogens with zero attached hydrogens (tertiary/aromatic N) is 1. The number of morpholine rings is 1. The SMILES string of the molecule is CC(NCC1(N2CCOCC2)CCCCC1)c1ccccc1. The maximum atomic E-state index is 5.57. The van der Waals surface area contributed by atoms with Crippen LogP contribution >= 0.6 is 0 Å². The minimum absolute atomic E-state index is 0.352. The molecule has 2 fully saturated rings. The number of rotatable bonds is 5. The minimum atomic E-state index is 0.352. The third kappa shape index (κ3) is 3.70. The summed E-state index contributed by atoms with van der Waals surface area (Å²) in [6.07, 6.45) is 6.82. The number of nitrogens with one attached hydrogen (secondary N) is 1. The molecule has 1 N–H and O–H groups in total. The minimum Gasteiger partial charge on any atom is -0.379 e. The maximum Gasteiger partial charge on any atom is 0.0594 e. The summed E-state index contributed by atoms with van der Waals surface area (Å²) in [6.45, 7) is 7.38. The van der Waals surface area contributed by atoms with Crippen LogP contribution in [0.5, 0.6) is 0 Å². The second-order valence-corrected chi connectivity index (χ2v) is 6.90. The van der Waals surface area contributed by atoms with Crippen molar-refractivity contribution >= 4 is 0 Å². The fourth-order valence-corrected chi connectivity index (χ4v) is 4.06. The molecule has 2 aliphatic rings. The number of benzene rings is 1. The molecule has 0 radical (unpaired) electrons. The van der Waals surface area contributed by atoms with E-state index in [1.54, 1.807) is 0 Å². The van der Waals surface area contributed by atoms with Gasteiger partial charge in [-0.25, -0.2) is 0 Å². The lowest BCUT2D eigenvalue weighted by atomic mass is 9.79. The van der Waals surface area contributed by atoms with Crippen molar-refractivity contribution in [2.24, 2.45) is 0 Å². The summed E-state index contributed by atoms with van der Waals surface area (Å²) in [6, 6.07) is 11.2. The zero-order chi connectivity index (χ0) is 15.3. The molecule has 3 nitrogen and oxygen atoms in total. The average Bonchev–Trinajstić information content (AvgIpc) is 2.62. The van der Waals surface area contributed by atoms with Crippen LogP contribution in [0.25, 0.3) is 0 Å². The van der Waals surface area contributed by atoms with Gasteiger partial charge in [-0.3, -0.25) is 4.90 Å². The molecule has 1 atom stereocenters. The molecule has 22 heavy (non-hydrogen) atoms. The molecule has 122 valence electrons. The lowest BCUT2D eigenvalue weighted by Gasteiger charge is -2.48. The van der Waals surface area contributed by atoms with E-state index in [4.69, 9.17) is 4.74 Å². The highest BCUT2D eigenvalue weighted by Gasteiger charge is 2.38. The smallest absolute Gasteiger partial charge is 0.0594 e. The molecule has 1 saturated heterocycles. The van der Waals surface area contributed by atoms with Crippen molar-refractivity contribution in [2.45, 2.75) is 50.6 Å². The zero-order valence-corrected chi connectivity index (χ0v) is 13.9. The average molecular weight is 302 g/mol. The van der Waals surface area contributed by atoms with Crippen LogP contribution in [0.4, 0.5) is 0 Å². The molecular weight excluding hydrogens is 272 g/mol. The van der Waals surface area contributed by atoms with E-state index in [1.165, 1.54) is 37.7 Å². The highest BCUT2D eigenvalue weighted by molar-refractivity contribution is 5.18. The predicted molar refractivity (Wildman–Crippen MR) is 91.1 cm³/mol. The zero-order valence-electron chi connectivity index (χ0n) is 13.9. The summed E-state index contributed by atoms with van der Waals surface area (Å²) >= 11 is 0. The molecule has 0 amide bonds. The van der Waals surface area contributed by atoms with Crippen LogP contribution in [-0.4, -0.2) is 43.3 Å². The van der Waals surface area contributed by atoms with Crippen LogP contribution in [0.2, 0.25) is 0 Å². The number of hydrogen-bond donors (Lipinski definition) is 1. The molecular formula is C19H30N2O. The van der Waals surface area contributed by atoms with Gasteiger partial charge in [0.15, 0.2) is 0 Å². The van der Waals surface area contributed by atoms with Crippen molar-refractivity contribution in [1.29, 1.82) is 0 Å². The highest BCUT2D eigenvalue weighted by Crippen LogP contribution is 2.34. The maximum absolute atomic E-state index is 5.57. The monoisotopic (exact) mass is 302 g/mol. The molecule has 1 aromatic carbocycles. The molecule has 0 bridgehead atoms. The first-order valence-corrected chi connectivity index (χ1v) is 8.91. The Bertz CT molecular complexity index is 436. The van der Waals surface area contributed by atoms with Crippen molar-refractivity contribution in [1.82, 2.24) is 10.2 Å². The standard InChI is InChI=1S/C19H30N2O/c1-17(18-8-4-2-5-9-18)20-16-19(10-6-3-7-11-19)21-12-14-22-15-13-21/h2,4-5,8-9,17,20H,3,6-7,10-16H2,1H3. The van der Waals surface area contributed by atoms with Crippen LogP contribution in [0.1, 0.15) is 50.6 Å². The Balaban J connectivity index is 1.65. The van der Waals surface area contributed by atoms with Gasteiger partial charge in [0.25, 0.3) is 0 Å². The molecule has 1 aromatic rings. The first-order chi connectivity index (χ1) is 10.8. The van der Waals surface area contributed by atoms with Gasteiger partial charge >= 0.3 is 0 Å². The molecule has 1 heterocycles. The fourth-order valence-electron chi connectivity index (χ4n) is 4.06. The van der Waals surface area contributed by atoms with E-state index in [0.29, 0.717) is 11.6 Å². The van der Waals surface area contributed by atoms with Gasteiger partial charge in [0.2, 0.25) is 0 Å². The molecule has 3 heteroatoms.